The standard InChI is InChI=1S/C15H18N2O/c1-2-4-14(15-17-9-10-18-15)13(3-1)11-12-5-7-16-8-6-12/h1-4,9-10,12,16H,5-8,11H2. The first kappa shape index (κ1) is 11.5. The van der Waals surface area contributed by atoms with Gasteiger partial charge in [-0.05, 0) is 49.9 Å². The Hall–Kier alpha value is -1.61. The molecule has 3 nitrogen and oxygen atoms in total. The van der Waals surface area contributed by atoms with Crippen LogP contribution in [0.15, 0.2) is 41.1 Å². The Morgan fingerprint density at radius 2 is 2.06 bits per heavy atom. The van der Waals surface area contributed by atoms with Gasteiger partial charge in [0, 0.05) is 5.56 Å². The lowest BCUT2D eigenvalue weighted by Gasteiger charge is -2.23. The zero-order valence-electron chi connectivity index (χ0n) is 10.4. The normalized spacial score (nSPS) is 16.9. The lowest BCUT2D eigenvalue weighted by Crippen LogP contribution is -2.28. The Kier molecular flexibility index (Phi) is 3.42. The quantitative estimate of drug-likeness (QED) is 0.899. The molecule has 2 aromatic rings. The summed E-state index contributed by atoms with van der Waals surface area (Å²) in [4.78, 5) is 4.26. The first-order valence-corrected chi connectivity index (χ1v) is 6.62. The number of nitrogens with one attached hydrogen (secondary N) is 1. The lowest BCUT2D eigenvalue weighted by molar-refractivity contribution is 0.372. The minimum Gasteiger partial charge on any atom is -0.445 e. The van der Waals surface area contributed by atoms with Gasteiger partial charge in [-0.25, -0.2) is 4.98 Å². The molecular formula is C15H18N2O. The van der Waals surface area contributed by atoms with Crippen molar-refractivity contribution in [2.24, 2.45) is 5.92 Å². The van der Waals surface area contributed by atoms with Gasteiger partial charge in [-0.3, -0.25) is 0 Å². The molecule has 0 spiro atoms. The van der Waals surface area contributed by atoms with Crippen LogP contribution < -0.4 is 5.32 Å². The van der Waals surface area contributed by atoms with Crippen LogP contribution in [0.3, 0.4) is 0 Å². The fourth-order valence-corrected chi connectivity index (χ4v) is 2.66. The topological polar surface area (TPSA) is 38.1 Å². The fraction of sp³-hybridized carbons (Fsp3) is 0.400. The van der Waals surface area contributed by atoms with Gasteiger partial charge in [-0.1, -0.05) is 18.2 Å². The maximum atomic E-state index is 5.43. The number of rotatable bonds is 3. The third-order valence-electron chi connectivity index (χ3n) is 3.65. The van der Waals surface area contributed by atoms with E-state index in [1.54, 1.807) is 12.5 Å². The molecule has 3 rings (SSSR count). The summed E-state index contributed by atoms with van der Waals surface area (Å²) < 4.78 is 5.43. The van der Waals surface area contributed by atoms with Crippen LogP contribution in [0, 0.1) is 5.92 Å². The van der Waals surface area contributed by atoms with Crippen molar-refractivity contribution in [1.82, 2.24) is 10.3 Å². The van der Waals surface area contributed by atoms with E-state index in [-0.39, 0.29) is 0 Å². The average molecular weight is 242 g/mol. The highest BCUT2D eigenvalue weighted by Gasteiger charge is 2.16. The van der Waals surface area contributed by atoms with E-state index in [9.17, 15) is 0 Å². The van der Waals surface area contributed by atoms with Gasteiger partial charge in [0.2, 0.25) is 5.89 Å². The summed E-state index contributed by atoms with van der Waals surface area (Å²) in [6.07, 6.45) is 6.99. The molecule has 1 aromatic heterocycles. The van der Waals surface area contributed by atoms with Crippen molar-refractivity contribution in [3.63, 3.8) is 0 Å². The van der Waals surface area contributed by atoms with Crippen LogP contribution in [0.4, 0.5) is 0 Å². The molecule has 1 aliphatic heterocycles. The SMILES string of the molecule is c1ccc(-c2ncco2)c(CC2CCNCC2)c1. The van der Waals surface area contributed by atoms with E-state index in [2.05, 4.69) is 28.5 Å². The maximum Gasteiger partial charge on any atom is 0.226 e. The van der Waals surface area contributed by atoms with Crippen molar-refractivity contribution in [1.29, 1.82) is 0 Å². The third kappa shape index (κ3) is 2.46. The van der Waals surface area contributed by atoms with Crippen molar-refractivity contribution in [3.05, 3.63) is 42.3 Å². The summed E-state index contributed by atoms with van der Waals surface area (Å²) in [7, 11) is 0. The largest absolute Gasteiger partial charge is 0.445 e. The van der Waals surface area contributed by atoms with E-state index in [1.807, 2.05) is 6.07 Å². The summed E-state index contributed by atoms with van der Waals surface area (Å²) in [5.74, 6) is 1.52. The summed E-state index contributed by atoms with van der Waals surface area (Å²) in [6.45, 7) is 2.29. The predicted octanol–water partition coefficient (Wildman–Crippen LogP) is 2.88. The fourth-order valence-electron chi connectivity index (χ4n) is 2.66. The van der Waals surface area contributed by atoms with Crippen LogP contribution in [-0.4, -0.2) is 18.1 Å². The van der Waals surface area contributed by atoms with E-state index in [0.717, 1.165) is 36.9 Å². The summed E-state index contributed by atoms with van der Waals surface area (Å²) in [5, 5.41) is 3.41. The Morgan fingerprint density at radius 1 is 1.22 bits per heavy atom. The number of aromatic nitrogens is 1. The molecule has 0 saturated carbocycles. The number of benzene rings is 1. The van der Waals surface area contributed by atoms with Crippen molar-refractivity contribution in [2.75, 3.05) is 13.1 Å². The molecule has 0 bridgehead atoms. The van der Waals surface area contributed by atoms with Gasteiger partial charge in [0.05, 0.1) is 6.20 Å². The number of piperidine rings is 1. The molecule has 0 unspecified atom stereocenters. The van der Waals surface area contributed by atoms with Crippen LogP contribution in [0.25, 0.3) is 11.5 Å². The highest BCUT2D eigenvalue weighted by atomic mass is 16.3. The van der Waals surface area contributed by atoms with Crippen LogP contribution >= 0.6 is 0 Å². The number of nitrogens with zero attached hydrogens (tertiary/aromatic N) is 1. The third-order valence-corrected chi connectivity index (χ3v) is 3.65. The van der Waals surface area contributed by atoms with Crippen molar-refractivity contribution in [2.45, 2.75) is 19.3 Å². The molecule has 2 heterocycles. The van der Waals surface area contributed by atoms with Gasteiger partial charge in [-0.15, -0.1) is 0 Å². The van der Waals surface area contributed by atoms with E-state index in [1.165, 1.54) is 18.4 Å². The second-order valence-electron chi connectivity index (χ2n) is 4.89. The molecule has 1 saturated heterocycles. The zero-order valence-corrected chi connectivity index (χ0v) is 10.4. The molecule has 1 N–H and O–H groups in total. The minimum absolute atomic E-state index is 0.736. The highest BCUT2D eigenvalue weighted by molar-refractivity contribution is 5.58. The highest BCUT2D eigenvalue weighted by Crippen LogP contribution is 2.26. The maximum absolute atomic E-state index is 5.43. The Morgan fingerprint density at radius 3 is 2.83 bits per heavy atom. The van der Waals surface area contributed by atoms with Gasteiger partial charge < -0.3 is 9.73 Å². The molecule has 1 fully saturated rings. The molecule has 0 radical (unpaired) electrons. The molecule has 94 valence electrons. The van der Waals surface area contributed by atoms with E-state index in [0.29, 0.717) is 0 Å². The molecular weight excluding hydrogens is 224 g/mol. The van der Waals surface area contributed by atoms with Crippen LogP contribution in [-0.2, 0) is 6.42 Å². The lowest BCUT2D eigenvalue weighted by atomic mass is 9.89. The predicted molar refractivity (Wildman–Crippen MR) is 71.2 cm³/mol. The number of hydrogen-bond acceptors (Lipinski definition) is 3. The van der Waals surface area contributed by atoms with Crippen LogP contribution in [0.2, 0.25) is 0 Å². The van der Waals surface area contributed by atoms with Gasteiger partial charge in [0.25, 0.3) is 0 Å². The Bertz CT molecular complexity index is 487. The second kappa shape index (κ2) is 5.36. The Balaban J connectivity index is 1.83. The van der Waals surface area contributed by atoms with Crippen molar-refractivity contribution in [3.8, 4) is 11.5 Å². The summed E-state index contributed by atoms with van der Waals surface area (Å²) in [6, 6.07) is 8.44. The Labute approximate surface area is 107 Å². The van der Waals surface area contributed by atoms with Crippen LogP contribution in [0.5, 0.6) is 0 Å². The average Bonchev–Trinajstić information content (AvgIpc) is 2.94. The number of hydrogen-bond donors (Lipinski definition) is 1. The summed E-state index contributed by atoms with van der Waals surface area (Å²) >= 11 is 0. The first-order chi connectivity index (χ1) is 8.93. The van der Waals surface area contributed by atoms with Gasteiger partial charge >= 0.3 is 0 Å². The van der Waals surface area contributed by atoms with Gasteiger partial charge in [0.1, 0.15) is 6.26 Å². The molecule has 18 heavy (non-hydrogen) atoms. The minimum atomic E-state index is 0.736. The van der Waals surface area contributed by atoms with Gasteiger partial charge in [-0.2, -0.15) is 0 Å². The molecule has 1 aromatic carbocycles. The zero-order chi connectivity index (χ0) is 12.2. The van der Waals surface area contributed by atoms with Crippen molar-refractivity contribution >= 4 is 0 Å². The second-order valence-corrected chi connectivity index (χ2v) is 4.89. The van der Waals surface area contributed by atoms with Gasteiger partial charge in [0.15, 0.2) is 0 Å². The van der Waals surface area contributed by atoms with E-state index >= 15 is 0 Å². The number of oxazole rings is 1. The summed E-state index contributed by atoms with van der Waals surface area (Å²) in [5.41, 5.74) is 2.49. The molecule has 0 atom stereocenters. The molecule has 0 amide bonds. The molecule has 3 heteroatoms. The molecule has 1 aliphatic rings. The van der Waals surface area contributed by atoms with E-state index < -0.39 is 0 Å². The smallest absolute Gasteiger partial charge is 0.226 e. The molecule has 0 aliphatic carbocycles. The monoisotopic (exact) mass is 242 g/mol. The van der Waals surface area contributed by atoms with E-state index in [4.69, 9.17) is 4.42 Å². The van der Waals surface area contributed by atoms with Crippen LogP contribution in [0.1, 0.15) is 18.4 Å². The first-order valence-electron chi connectivity index (χ1n) is 6.62. The van der Waals surface area contributed by atoms with Crippen molar-refractivity contribution < 1.29 is 4.42 Å².